The molecule has 0 aliphatic carbocycles. The highest BCUT2D eigenvalue weighted by Gasteiger charge is 2.21. The van der Waals surface area contributed by atoms with Crippen LogP contribution in [0, 0.1) is 0 Å². The molecule has 0 aromatic heterocycles. The standard InChI is InChI=1S/C14H20ClN3O/c1-2-5-17-6-8-18(9-7-17)14(19)11-3-4-13(16)12(15)10-11/h3-4,10H,2,5-9,16H2,1H3. The van der Waals surface area contributed by atoms with Crippen LogP contribution in [0.25, 0.3) is 0 Å². The number of halogens is 1. The lowest BCUT2D eigenvalue weighted by atomic mass is 10.1. The predicted molar refractivity (Wildman–Crippen MR) is 78.5 cm³/mol. The van der Waals surface area contributed by atoms with Gasteiger partial charge in [0.15, 0.2) is 0 Å². The zero-order chi connectivity index (χ0) is 13.8. The fraction of sp³-hybridized carbons (Fsp3) is 0.500. The Bertz CT molecular complexity index is 456. The van der Waals surface area contributed by atoms with Crippen molar-refractivity contribution < 1.29 is 4.79 Å². The topological polar surface area (TPSA) is 49.6 Å². The number of hydrogen-bond donors (Lipinski definition) is 1. The summed E-state index contributed by atoms with van der Waals surface area (Å²) in [4.78, 5) is 16.6. The molecule has 4 nitrogen and oxygen atoms in total. The fourth-order valence-electron chi connectivity index (χ4n) is 2.33. The van der Waals surface area contributed by atoms with Crippen LogP contribution in [-0.2, 0) is 0 Å². The number of carbonyl (C=O) groups excluding carboxylic acids is 1. The van der Waals surface area contributed by atoms with E-state index in [1.165, 1.54) is 0 Å². The van der Waals surface area contributed by atoms with Crippen molar-refractivity contribution in [2.24, 2.45) is 0 Å². The van der Waals surface area contributed by atoms with E-state index in [0.29, 0.717) is 16.3 Å². The van der Waals surface area contributed by atoms with E-state index in [2.05, 4.69) is 11.8 Å². The molecule has 0 radical (unpaired) electrons. The molecule has 0 saturated carbocycles. The van der Waals surface area contributed by atoms with Gasteiger partial charge in [0.25, 0.3) is 5.91 Å². The van der Waals surface area contributed by atoms with Crippen LogP contribution in [0.5, 0.6) is 0 Å². The number of amides is 1. The van der Waals surface area contributed by atoms with Crippen molar-refractivity contribution in [3.8, 4) is 0 Å². The quantitative estimate of drug-likeness (QED) is 0.863. The summed E-state index contributed by atoms with van der Waals surface area (Å²) >= 11 is 5.96. The first-order valence-electron chi connectivity index (χ1n) is 6.68. The number of carbonyl (C=O) groups is 1. The maximum absolute atomic E-state index is 12.3. The van der Waals surface area contributed by atoms with Crippen LogP contribution in [0.4, 0.5) is 5.69 Å². The number of nitrogens with two attached hydrogens (primary N) is 1. The zero-order valence-corrected chi connectivity index (χ0v) is 12.0. The lowest BCUT2D eigenvalue weighted by molar-refractivity contribution is 0.0637. The van der Waals surface area contributed by atoms with Crippen LogP contribution in [0.1, 0.15) is 23.7 Å². The van der Waals surface area contributed by atoms with E-state index in [1.54, 1.807) is 18.2 Å². The van der Waals surface area contributed by atoms with Crippen molar-refractivity contribution in [2.75, 3.05) is 38.5 Å². The summed E-state index contributed by atoms with van der Waals surface area (Å²) in [5.74, 6) is 0.0399. The van der Waals surface area contributed by atoms with Crippen molar-refractivity contribution in [2.45, 2.75) is 13.3 Å². The van der Waals surface area contributed by atoms with Crippen LogP contribution >= 0.6 is 11.6 Å². The van der Waals surface area contributed by atoms with E-state index >= 15 is 0 Å². The monoisotopic (exact) mass is 281 g/mol. The lowest BCUT2D eigenvalue weighted by Crippen LogP contribution is -2.48. The van der Waals surface area contributed by atoms with E-state index in [4.69, 9.17) is 17.3 Å². The van der Waals surface area contributed by atoms with Gasteiger partial charge in [-0.1, -0.05) is 18.5 Å². The van der Waals surface area contributed by atoms with Crippen molar-refractivity contribution >= 4 is 23.2 Å². The smallest absolute Gasteiger partial charge is 0.253 e. The minimum Gasteiger partial charge on any atom is -0.398 e. The summed E-state index contributed by atoms with van der Waals surface area (Å²) in [6.07, 6.45) is 1.15. The van der Waals surface area contributed by atoms with Gasteiger partial charge in [0.1, 0.15) is 0 Å². The second-order valence-corrected chi connectivity index (χ2v) is 5.28. The zero-order valence-electron chi connectivity index (χ0n) is 11.2. The number of nitrogens with zero attached hydrogens (tertiary/aromatic N) is 2. The maximum atomic E-state index is 12.3. The second kappa shape index (κ2) is 6.26. The molecule has 2 rings (SSSR count). The summed E-state index contributed by atoms with van der Waals surface area (Å²) in [5, 5.41) is 0.440. The van der Waals surface area contributed by atoms with Gasteiger partial charge in [0.2, 0.25) is 0 Å². The number of anilines is 1. The molecule has 1 amide bonds. The average molecular weight is 282 g/mol. The number of piperazine rings is 1. The first kappa shape index (κ1) is 14.2. The maximum Gasteiger partial charge on any atom is 0.253 e. The Morgan fingerprint density at radius 2 is 2.00 bits per heavy atom. The van der Waals surface area contributed by atoms with Crippen molar-refractivity contribution in [3.05, 3.63) is 28.8 Å². The number of nitrogen functional groups attached to an aromatic ring is 1. The molecule has 0 bridgehead atoms. The average Bonchev–Trinajstić information content (AvgIpc) is 2.42. The molecule has 1 saturated heterocycles. The number of benzene rings is 1. The molecule has 5 heteroatoms. The van der Waals surface area contributed by atoms with Gasteiger partial charge in [-0.05, 0) is 31.2 Å². The van der Waals surface area contributed by atoms with E-state index in [1.807, 2.05) is 4.90 Å². The second-order valence-electron chi connectivity index (χ2n) is 4.87. The van der Waals surface area contributed by atoms with Crippen molar-refractivity contribution in [3.63, 3.8) is 0 Å². The third kappa shape index (κ3) is 3.39. The van der Waals surface area contributed by atoms with E-state index in [0.717, 1.165) is 39.1 Å². The van der Waals surface area contributed by atoms with Gasteiger partial charge in [0.05, 0.1) is 10.7 Å². The summed E-state index contributed by atoms with van der Waals surface area (Å²) in [7, 11) is 0. The molecule has 1 fully saturated rings. The minimum absolute atomic E-state index is 0.0399. The van der Waals surface area contributed by atoms with Gasteiger partial charge >= 0.3 is 0 Å². The van der Waals surface area contributed by atoms with Crippen molar-refractivity contribution in [1.82, 2.24) is 9.80 Å². The molecule has 104 valence electrons. The third-order valence-electron chi connectivity index (χ3n) is 3.45. The molecule has 0 atom stereocenters. The van der Waals surface area contributed by atoms with Crippen LogP contribution in [0.15, 0.2) is 18.2 Å². The van der Waals surface area contributed by atoms with Crippen LogP contribution in [0.2, 0.25) is 5.02 Å². The van der Waals surface area contributed by atoms with Crippen LogP contribution in [0.3, 0.4) is 0 Å². The normalized spacial score (nSPS) is 16.6. The molecular weight excluding hydrogens is 262 g/mol. The van der Waals surface area contributed by atoms with Gasteiger partial charge in [0, 0.05) is 31.7 Å². The van der Waals surface area contributed by atoms with E-state index in [-0.39, 0.29) is 5.91 Å². The Labute approximate surface area is 119 Å². The van der Waals surface area contributed by atoms with E-state index < -0.39 is 0 Å². The summed E-state index contributed by atoms with van der Waals surface area (Å²) < 4.78 is 0. The highest BCUT2D eigenvalue weighted by molar-refractivity contribution is 6.33. The molecule has 1 aromatic rings. The Hall–Kier alpha value is -1.26. The lowest BCUT2D eigenvalue weighted by Gasteiger charge is -2.34. The molecule has 0 spiro atoms. The summed E-state index contributed by atoms with van der Waals surface area (Å²) in [6.45, 7) is 6.73. The number of hydrogen-bond acceptors (Lipinski definition) is 3. The molecule has 19 heavy (non-hydrogen) atoms. The molecule has 1 aromatic carbocycles. The van der Waals surface area contributed by atoms with E-state index in [9.17, 15) is 4.79 Å². The molecule has 2 N–H and O–H groups in total. The Morgan fingerprint density at radius 1 is 1.32 bits per heavy atom. The van der Waals surface area contributed by atoms with Crippen LogP contribution < -0.4 is 5.73 Å². The van der Waals surface area contributed by atoms with Crippen molar-refractivity contribution in [1.29, 1.82) is 0 Å². The highest BCUT2D eigenvalue weighted by atomic mass is 35.5. The molecule has 1 aliphatic rings. The molecule has 1 aliphatic heterocycles. The highest BCUT2D eigenvalue weighted by Crippen LogP contribution is 2.21. The fourth-order valence-corrected chi connectivity index (χ4v) is 2.51. The summed E-state index contributed by atoms with van der Waals surface area (Å²) in [5.41, 5.74) is 6.77. The first-order valence-corrected chi connectivity index (χ1v) is 7.06. The third-order valence-corrected chi connectivity index (χ3v) is 3.77. The van der Waals surface area contributed by atoms with Gasteiger partial charge in [-0.3, -0.25) is 9.69 Å². The Balaban J connectivity index is 1.99. The Morgan fingerprint density at radius 3 is 2.58 bits per heavy atom. The SMILES string of the molecule is CCCN1CCN(C(=O)c2ccc(N)c(Cl)c2)CC1. The Kier molecular flexibility index (Phi) is 4.66. The van der Waals surface area contributed by atoms with Gasteiger partial charge in [-0.25, -0.2) is 0 Å². The number of rotatable bonds is 3. The van der Waals surface area contributed by atoms with Gasteiger partial charge in [-0.2, -0.15) is 0 Å². The van der Waals surface area contributed by atoms with Gasteiger partial charge < -0.3 is 10.6 Å². The minimum atomic E-state index is 0.0399. The largest absolute Gasteiger partial charge is 0.398 e. The molecular formula is C14H20ClN3O. The van der Waals surface area contributed by atoms with Gasteiger partial charge in [-0.15, -0.1) is 0 Å². The predicted octanol–water partition coefficient (Wildman–Crippen LogP) is 2.09. The summed E-state index contributed by atoms with van der Waals surface area (Å²) in [6, 6.07) is 5.07. The van der Waals surface area contributed by atoms with Crippen LogP contribution in [-0.4, -0.2) is 48.4 Å². The molecule has 0 unspecified atom stereocenters. The molecule has 1 heterocycles. The first-order chi connectivity index (χ1) is 9.11.